The van der Waals surface area contributed by atoms with Crippen molar-refractivity contribution in [2.75, 3.05) is 0 Å². The Bertz CT molecular complexity index is 762. The van der Waals surface area contributed by atoms with Crippen LogP contribution in [0.2, 0.25) is 0 Å². The summed E-state index contributed by atoms with van der Waals surface area (Å²) in [4.78, 5) is 53.3. The molecule has 26 heavy (non-hydrogen) atoms. The van der Waals surface area contributed by atoms with E-state index in [0.29, 0.717) is 0 Å². The number of carbonyl (C=O) groups excluding carboxylic acids is 4. The van der Waals surface area contributed by atoms with E-state index in [1.54, 1.807) is 6.08 Å². The van der Waals surface area contributed by atoms with Gasteiger partial charge in [-0.15, -0.1) is 6.58 Å². The van der Waals surface area contributed by atoms with Crippen molar-refractivity contribution in [1.29, 1.82) is 0 Å². The first-order valence-corrected chi connectivity index (χ1v) is 9.33. The topological polar surface area (TPSA) is 74.8 Å². The zero-order chi connectivity index (χ0) is 18.3. The first-order chi connectivity index (χ1) is 12.4. The lowest BCUT2D eigenvalue weighted by molar-refractivity contribution is -0.137. The molecule has 0 N–H and O–H groups in total. The van der Waals surface area contributed by atoms with Crippen molar-refractivity contribution in [2.45, 2.75) is 19.8 Å². The fraction of sp³-hybridized carbons (Fsp3) is 0.579. The maximum atomic E-state index is 12.9. The van der Waals surface area contributed by atoms with Gasteiger partial charge in [0, 0.05) is 0 Å². The van der Waals surface area contributed by atoms with Crippen molar-refractivity contribution in [3.8, 4) is 0 Å². The first kappa shape index (κ1) is 16.0. The number of amides is 4. The van der Waals surface area contributed by atoms with Crippen molar-refractivity contribution in [3.63, 3.8) is 0 Å². The number of hydrogen-bond acceptors (Lipinski definition) is 4. The smallest absolute Gasteiger partial charge is 0.308 e. The van der Waals surface area contributed by atoms with E-state index >= 15 is 0 Å². The van der Waals surface area contributed by atoms with Gasteiger partial charge >= 0.3 is 7.55 Å². The van der Waals surface area contributed by atoms with Crippen molar-refractivity contribution in [2.24, 2.45) is 47.3 Å². The number of nitrogens with zero attached hydrogens (tertiary/aromatic N) is 2. The molecule has 133 valence electrons. The molecule has 4 fully saturated rings. The molecule has 2 saturated heterocycles. The van der Waals surface area contributed by atoms with Gasteiger partial charge in [-0.2, -0.15) is 0 Å². The van der Waals surface area contributed by atoms with Crippen LogP contribution in [-0.2, 0) is 19.2 Å². The van der Waals surface area contributed by atoms with Crippen LogP contribution in [0.3, 0.4) is 0 Å². The average molecular weight is 351 g/mol. The predicted octanol–water partition coefficient (Wildman–Crippen LogP) is 0.771. The maximum Gasteiger partial charge on any atom is 0.410 e. The lowest BCUT2D eigenvalue weighted by atomic mass is 9.85. The minimum atomic E-state index is -0.420. The van der Waals surface area contributed by atoms with E-state index in [1.807, 2.05) is 19.1 Å². The van der Waals surface area contributed by atoms with Gasteiger partial charge in [-0.3, -0.25) is 19.2 Å². The number of fused-ring (bicyclic) bond motifs is 6. The summed E-state index contributed by atoms with van der Waals surface area (Å²) >= 11 is 0. The summed E-state index contributed by atoms with van der Waals surface area (Å²) in [6.07, 6.45) is 7.41. The number of allylic oxidation sites excluding steroid dienone is 3. The van der Waals surface area contributed by atoms with E-state index in [2.05, 4.69) is 6.58 Å². The molecule has 5 rings (SSSR count). The largest absolute Gasteiger partial charge is 0.410 e. The molecule has 8 unspecified atom stereocenters. The van der Waals surface area contributed by atoms with Gasteiger partial charge in [-0.05, 0) is 36.5 Å². The second-order valence-electron chi connectivity index (χ2n) is 8.37. The zero-order valence-corrected chi connectivity index (χ0v) is 14.6. The minimum Gasteiger partial charge on any atom is -0.308 e. The van der Waals surface area contributed by atoms with Crippen LogP contribution in [0.5, 0.6) is 0 Å². The number of imide groups is 2. The fourth-order valence-corrected chi connectivity index (χ4v) is 6.02. The van der Waals surface area contributed by atoms with Crippen molar-refractivity contribution >= 4 is 31.2 Å². The first-order valence-electron chi connectivity index (χ1n) is 9.33. The van der Waals surface area contributed by atoms with Crippen LogP contribution in [0.15, 0.2) is 24.8 Å². The monoisotopic (exact) mass is 351 g/mol. The Morgan fingerprint density at radius 3 is 1.92 bits per heavy atom. The van der Waals surface area contributed by atoms with Crippen LogP contribution < -0.4 is 0 Å². The zero-order valence-electron chi connectivity index (χ0n) is 14.6. The molecular weight excluding hydrogens is 331 g/mol. The van der Waals surface area contributed by atoms with Gasteiger partial charge in [-0.1, -0.05) is 25.2 Å². The van der Waals surface area contributed by atoms with E-state index in [-0.39, 0.29) is 65.1 Å². The predicted molar refractivity (Wildman–Crippen MR) is 91.6 cm³/mol. The third kappa shape index (κ3) is 1.78. The molecule has 6 nitrogen and oxygen atoms in total. The van der Waals surface area contributed by atoms with Crippen LogP contribution in [0.25, 0.3) is 0 Å². The summed E-state index contributed by atoms with van der Waals surface area (Å²) in [7, 11) is 1.18. The summed E-state index contributed by atoms with van der Waals surface area (Å²) in [5.74, 6) is -2.36. The number of rotatable bonds is 3. The molecule has 3 aliphatic carbocycles. The Balaban J connectivity index is 1.40. The highest BCUT2D eigenvalue weighted by atomic mass is 16.2. The molecule has 1 radical (unpaired) electrons. The van der Waals surface area contributed by atoms with E-state index in [4.69, 9.17) is 0 Å². The van der Waals surface area contributed by atoms with E-state index in [9.17, 15) is 19.2 Å². The van der Waals surface area contributed by atoms with Crippen molar-refractivity contribution in [1.82, 2.24) is 9.62 Å². The highest BCUT2D eigenvalue weighted by molar-refractivity contribution is 6.49. The third-order valence-corrected chi connectivity index (χ3v) is 7.19. The molecule has 4 amide bonds. The SMILES string of the molecule is C=CC1CC(C)C2C(=O)N([B]N3C(=O)C4C5C=CC(C5)C4C3=O)C(=O)C12. The van der Waals surface area contributed by atoms with Gasteiger partial charge in [0.25, 0.3) is 0 Å². The number of hydrogen-bond donors (Lipinski definition) is 0. The normalized spacial score (nSPS) is 45.7. The number of carbonyl (C=O) groups is 4. The molecule has 2 aliphatic heterocycles. The Kier molecular flexibility index (Phi) is 3.19. The molecule has 0 aromatic heterocycles. The van der Waals surface area contributed by atoms with Crippen LogP contribution in [0.4, 0.5) is 0 Å². The summed E-state index contributed by atoms with van der Waals surface area (Å²) in [5.41, 5.74) is 0. The van der Waals surface area contributed by atoms with Gasteiger partial charge in [0.05, 0.1) is 23.7 Å². The standard InChI is InChI=1S/C19H20BN2O4/c1-3-9-6-8(2)12-13(9)17(24)21(16(12)23)20-22-18(25)14-10-4-5-11(7-10)15(14)19(22)26/h3-5,8-15H,1,6-7H2,2H3. The molecular formula is C19H20BN2O4. The summed E-state index contributed by atoms with van der Waals surface area (Å²) in [5, 5.41) is 0. The lowest BCUT2D eigenvalue weighted by Gasteiger charge is -2.23. The Morgan fingerprint density at radius 2 is 1.38 bits per heavy atom. The van der Waals surface area contributed by atoms with E-state index < -0.39 is 5.92 Å². The van der Waals surface area contributed by atoms with E-state index in [1.165, 1.54) is 7.55 Å². The lowest BCUT2D eigenvalue weighted by Crippen LogP contribution is -2.49. The molecule has 0 spiro atoms. The van der Waals surface area contributed by atoms with Gasteiger partial charge in [0.1, 0.15) is 0 Å². The second kappa shape index (κ2) is 5.18. The van der Waals surface area contributed by atoms with Gasteiger partial charge < -0.3 is 9.62 Å². The third-order valence-electron chi connectivity index (χ3n) is 7.19. The molecule has 0 aromatic carbocycles. The van der Waals surface area contributed by atoms with Crippen LogP contribution in [0, 0.1) is 47.3 Å². The molecule has 7 heteroatoms. The van der Waals surface area contributed by atoms with Crippen LogP contribution in [-0.4, -0.2) is 40.8 Å². The fourth-order valence-electron chi connectivity index (χ4n) is 6.02. The summed E-state index contributed by atoms with van der Waals surface area (Å²) < 4.78 is 0. The van der Waals surface area contributed by atoms with Gasteiger partial charge in [0.2, 0.25) is 23.6 Å². The Hall–Kier alpha value is -2.18. The summed E-state index contributed by atoms with van der Waals surface area (Å²) in [6.45, 7) is 5.76. The average Bonchev–Trinajstić information content (AvgIpc) is 3.38. The minimum absolute atomic E-state index is 0.0331. The van der Waals surface area contributed by atoms with Crippen molar-refractivity contribution in [3.05, 3.63) is 24.8 Å². The molecule has 5 aliphatic rings. The summed E-state index contributed by atoms with van der Waals surface area (Å²) in [6, 6.07) is 0. The Morgan fingerprint density at radius 1 is 0.885 bits per heavy atom. The highest BCUT2D eigenvalue weighted by Crippen LogP contribution is 2.53. The Labute approximate surface area is 152 Å². The van der Waals surface area contributed by atoms with Crippen molar-refractivity contribution < 1.29 is 19.2 Å². The molecule has 2 bridgehead atoms. The molecule has 2 heterocycles. The van der Waals surface area contributed by atoms with Crippen LogP contribution in [0.1, 0.15) is 19.8 Å². The van der Waals surface area contributed by atoms with Gasteiger partial charge in [-0.25, -0.2) is 0 Å². The van der Waals surface area contributed by atoms with E-state index in [0.717, 1.165) is 22.5 Å². The quantitative estimate of drug-likeness (QED) is 0.428. The molecule has 0 aromatic rings. The highest BCUT2D eigenvalue weighted by Gasteiger charge is 2.62. The van der Waals surface area contributed by atoms with Crippen LogP contribution >= 0.6 is 0 Å². The maximum absolute atomic E-state index is 12.9. The van der Waals surface area contributed by atoms with Gasteiger partial charge in [0.15, 0.2) is 0 Å². The molecule has 2 saturated carbocycles. The second-order valence-corrected chi connectivity index (χ2v) is 8.37. The molecule has 8 atom stereocenters.